The van der Waals surface area contributed by atoms with Gasteiger partial charge in [0, 0.05) is 6.07 Å². The Kier molecular flexibility index (Phi) is 7.11. The number of aliphatic hydroxyl groups is 1. The number of benzene rings is 3. The number of methoxy groups -OCH3 is 1. The zero-order chi connectivity index (χ0) is 24.0. The van der Waals surface area contributed by atoms with Crippen LogP contribution < -0.4 is 0 Å². The molecule has 0 bridgehead atoms. The van der Waals surface area contributed by atoms with Gasteiger partial charge < -0.3 is 14.6 Å². The molecule has 0 fully saturated rings. The number of non-ortho nitro benzene ring substituents is 1. The van der Waals surface area contributed by atoms with E-state index in [2.05, 4.69) is 0 Å². The Bertz CT molecular complexity index is 1150. The maximum absolute atomic E-state index is 13.1. The van der Waals surface area contributed by atoms with E-state index in [1.807, 2.05) is 0 Å². The number of nitro groups is 2. The third-order valence-electron chi connectivity index (χ3n) is 5.10. The summed E-state index contributed by atoms with van der Waals surface area (Å²) in [4.78, 5) is 34.3. The highest BCUT2D eigenvalue weighted by Crippen LogP contribution is 2.44. The van der Waals surface area contributed by atoms with Crippen molar-refractivity contribution in [1.29, 1.82) is 0 Å². The van der Waals surface area contributed by atoms with Crippen molar-refractivity contribution in [2.75, 3.05) is 7.11 Å². The highest BCUT2D eigenvalue weighted by atomic mass is 16.6. The van der Waals surface area contributed by atoms with Gasteiger partial charge >= 0.3 is 5.97 Å². The Hall–Kier alpha value is -4.15. The van der Waals surface area contributed by atoms with Crippen LogP contribution in [0.15, 0.2) is 78.9 Å². The zero-order valence-electron chi connectivity index (χ0n) is 17.5. The second-order valence-electron chi connectivity index (χ2n) is 7.03. The van der Waals surface area contributed by atoms with Crippen LogP contribution >= 0.6 is 0 Å². The molecule has 0 aromatic heterocycles. The van der Waals surface area contributed by atoms with Crippen LogP contribution in [-0.2, 0) is 26.5 Å². The molecule has 10 nitrogen and oxygen atoms in total. The van der Waals surface area contributed by atoms with Gasteiger partial charge in [-0.25, -0.2) is 4.79 Å². The fraction of sp³-hybridized carbons (Fsp3) is 0.174. The zero-order valence-corrected chi connectivity index (χ0v) is 17.5. The molecular formula is C23H20N2O8. The lowest BCUT2D eigenvalue weighted by molar-refractivity contribution is -0.395. The lowest BCUT2D eigenvalue weighted by atomic mass is 9.83. The Morgan fingerprint density at radius 2 is 1.58 bits per heavy atom. The predicted octanol–water partition coefficient (Wildman–Crippen LogP) is 3.82. The maximum Gasteiger partial charge on any atom is 0.346 e. The largest absolute Gasteiger partial charge is 0.467 e. The Labute approximate surface area is 188 Å². The molecule has 0 spiro atoms. The van der Waals surface area contributed by atoms with E-state index >= 15 is 0 Å². The van der Waals surface area contributed by atoms with E-state index in [0.29, 0.717) is 5.56 Å². The van der Waals surface area contributed by atoms with Crippen LogP contribution in [0, 0.1) is 20.2 Å². The van der Waals surface area contributed by atoms with Crippen molar-refractivity contribution < 1.29 is 29.2 Å². The van der Waals surface area contributed by atoms with E-state index in [1.54, 1.807) is 48.5 Å². The normalized spacial score (nSPS) is 13.5. The van der Waals surface area contributed by atoms with Crippen LogP contribution in [0.3, 0.4) is 0 Å². The molecule has 0 amide bonds. The van der Waals surface area contributed by atoms with E-state index in [0.717, 1.165) is 25.3 Å². The first kappa shape index (κ1) is 23.5. The number of rotatable bonds is 9. The minimum Gasteiger partial charge on any atom is -0.467 e. The molecule has 0 aliphatic heterocycles. The quantitative estimate of drug-likeness (QED) is 0.293. The van der Waals surface area contributed by atoms with Crippen molar-refractivity contribution in [2.24, 2.45) is 0 Å². The molecule has 0 heterocycles. The third-order valence-corrected chi connectivity index (χ3v) is 5.10. The highest BCUT2D eigenvalue weighted by molar-refractivity contribution is 5.83. The fourth-order valence-electron chi connectivity index (χ4n) is 3.47. The number of hydrogen-bond acceptors (Lipinski definition) is 8. The molecule has 170 valence electrons. The van der Waals surface area contributed by atoms with Gasteiger partial charge in [-0.15, -0.1) is 0 Å². The van der Waals surface area contributed by atoms with Crippen LogP contribution in [0.5, 0.6) is 0 Å². The number of carbonyl (C=O) groups excluding carboxylic acids is 1. The van der Waals surface area contributed by atoms with Crippen LogP contribution in [0.25, 0.3) is 0 Å². The predicted molar refractivity (Wildman–Crippen MR) is 116 cm³/mol. The molecule has 0 saturated heterocycles. The average molecular weight is 452 g/mol. The first-order chi connectivity index (χ1) is 15.8. The second kappa shape index (κ2) is 9.98. The summed E-state index contributed by atoms with van der Waals surface area (Å²) in [6.07, 6.45) is -1.93. The van der Waals surface area contributed by atoms with Gasteiger partial charge in [0.25, 0.3) is 11.4 Å². The number of esters is 1. The lowest BCUT2D eigenvalue weighted by Crippen LogP contribution is -2.45. The monoisotopic (exact) mass is 452 g/mol. The molecular weight excluding hydrogens is 432 g/mol. The Morgan fingerprint density at radius 3 is 2.12 bits per heavy atom. The van der Waals surface area contributed by atoms with Gasteiger partial charge in [-0.1, -0.05) is 60.7 Å². The van der Waals surface area contributed by atoms with Crippen LogP contribution in [0.4, 0.5) is 11.4 Å². The molecule has 0 saturated carbocycles. The summed E-state index contributed by atoms with van der Waals surface area (Å²) in [7, 11) is 1.10. The van der Waals surface area contributed by atoms with Crippen LogP contribution in [-0.4, -0.2) is 28.0 Å². The van der Waals surface area contributed by atoms with Crippen LogP contribution in [0.1, 0.15) is 22.8 Å². The molecule has 0 aliphatic carbocycles. The smallest absolute Gasteiger partial charge is 0.346 e. The second-order valence-corrected chi connectivity index (χ2v) is 7.03. The van der Waals surface area contributed by atoms with E-state index in [4.69, 9.17) is 9.47 Å². The summed E-state index contributed by atoms with van der Waals surface area (Å²) in [6.45, 7) is -0.136. The van der Waals surface area contributed by atoms with E-state index in [-0.39, 0.29) is 17.7 Å². The van der Waals surface area contributed by atoms with Gasteiger partial charge in [-0.05, 0) is 17.2 Å². The standard InChI is InChI=1S/C23H20N2O8/c1-32-22(27)23(17-10-6-3-7-11-17,33-15-16-8-4-2-5-9-16)21(26)19-13-12-18(24(28)29)14-20(19)25(30)31/h2-14,21,26H,15H2,1H3/t21-,23+/m0/s1. The topological polar surface area (TPSA) is 142 Å². The Balaban J connectivity index is 2.20. The van der Waals surface area contributed by atoms with Gasteiger partial charge in [-0.2, -0.15) is 0 Å². The number of aliphatic hydroxyl groups excluding tert-OH is 1. The van der Waals surface area contributed by atoms with Gasteiger partial charge in [-0.3, -0.25) is 20.2 Å². The highest BCUT2D eigenvalue weighted by Gasteiger charge is 2.52. The number of nitrogens with zero attached hydrogens (tertiary/aromatic N) is 2. The number of hydrogen-bond donors (Lipinski definition) is 1. The molecule has 0 unspecified atom stereocenters. The maximum atomic E-state index is 13.1. The molecule has 33 heavy (non-hydrogen) atoms. The average Bonchev–Trinajstić information content (AvgIpc) is 2.84. The van der Waals surface area contributed by atoms with Crippen molar-refractivity contribution in [2.45, 2.75) is 18.3 Å². The summed E-state index contributed by atoms with van der Waals surface area (Å²) in [5.74, 6) is -0.996. The van der Waals surface area contributed by atoms with Gasteiger partial charge in [0.2, 0.25) is 5.60 Å². The fourth-order valence-corrected chi connectivity index (χ4v) is 3.47. The number of carbonyl (C=O) groups is 1. The molecule has 3 rings (SSSR count). The van der Waals surface area contributed by atoms with Crippen molar-refractivity contribution in [3.05, 3.63) is 116 Å². The summed E-state index contributed by atoms with van der Waals surface area (Å²) in [6, 6.07) is 19.5. The Morgan fingerprint density at radius 1 is 0.970 bits per heavy atom. The molecule has 3 aromatic carbocycles. The van der Waals surface area contributed by atoms with Gasteiger partial charge in [0.05, 0.1) is 35.2 Å². The van der Waals surface area contributed by atoms with Gasteiger partial charge in [0.1, 0.15) is 6.10 Å². The molecule has 1 N–H and O–H groups in total. The number of ether oxygens (including phenoxy) is 2. The third kappa shape index (κ3) is 4.71. The van der Waals surface area contributed by atoms with Crippen molar-refractivity contribution >= 4 is 17.3 Å². The van der Waals surface area contributed by atoms with Crippen molar-refractivity contribution in [3.63, 3.8) is 0 Å². The van der Waals surface area contributed by atoms with E-state index in [1.165, 1.54) is 12.1 Å². The summed E-state index contributed by atoms with van der Waals surface area (Å²) < 4.78 is 11.0. The SMILES string of the molecule is COC(=O)[C@@](OCc1ccccc1)(c1ccccc1)[C@@H](O)c1ccc([N+](=O)[O-])cc1[N+](=O)[O-]. The molecule has 0 aliphatic rings. The van der Waals surface area contributed by atoms with Gasteiger partial charge in [0.15, 0.2) is 0 Å². The molecule has 0 radical (unpaired) electrons. The molecule has 10 heteroatoms. The van der Waals surface area contributed by atoms with E-state index < -0.39 is 38.9 Å². The summed E-state index contributed by atoms with van der Waals surface area (Å²) >= 11 is 0. The first-order valence-corrected chi connectivity index (χ1v) is 9.74. The molecule has 2 atom stereocenters. The number of nitro benzene ring substituents is 2. The summed E-state index contributed by atoms with van der Waals surface area (Å²) in [5, 5.41) is 34.2. The summed E-state index contributed by atoms with van der Waals surface area (Å²) in [5.41, 5.74) is -2.95. The minimum atomic E-state index is -2.20. The van der Waals surface area contributed by atoms with Crippen LogP contribution in [0.2, 0.25) is 0 Å². The lowest BCUT2D eigenvalue weighted by Gasteiger charge is -2.35. The first-order valence-electron chi connectivity index (χ1n) is 9.74. The minimum absolute atomic E-state index is 0.136. The molecule has 3 aromatic rings. The van der Waals surface area contributed by atoms with Crippen molar-refractivity contribution in [3.8, 4) is 0 Å². The van der Waals surface area contributed by atoms with E-state index in [9.17, 15) is 30.1 Å². The van der Waals surface area contributed by atoms with Crippen molar-refractivity contribution in [1.82, 2.24) is 0 Å².